The second-order valence-corrected chi connectivity index (χ2v) is 3.74. The first-order valence-electron chi connectivity index (χ1n) is 5.14. The van der Waals surface area contributed by atoms with Crippen molar-refractivity contribution in [2.24, 2.45) is 0 Å². The fourth-order valence-corrected chi connectivity index (χ4v) is 1.85. The Kier molecular flexibility index (Phi) is 2.82. The average molecular weight is 236 g/mol. The molecule has 1 saturated heterocycles. The summed E-state index contributed by atoms with van der Waals surface area (Å²) in [5, 5.41) is 13.6. The van der Waals surface area contributed by atoms with Crippen molar-refractivity contribution in [3.05, 3.63) is 28.3 Å². The van der Waals surface area contributed by atoms with Crippen LogP contribution in [-0.2, 0) is 4.79 Å². The molecule has 0 bridgehead atoms. The molecule has 1 amide bonds. The minimum Gasteiger partial charge on any atom is -0.393 e. The summed E-state index contributed by atoms with van der Waals surface area (Å²) in [5.74, 6) is -0.145. The number of hydrogen-bond donors (Lipinski definition) is 2. The summed E-state index contributed by atoms with van der Waals surface area (Å²) in [7, 11) is 0. The van der Waals surface area contributed by atoms with Crippen LogP contribution >= 0.6 is 0 Å². The number of nitrogen functional groups attached to an aromatic ring is 1. The Bertz CT molecular complexity index is 475. The first-order chi connectivity index (χ1) is 8.09. The summed E-state index contributed by atoms with van der Waals surface area (Å²) < 4.78 is 0. The summed E-state index contributed by atoms with van der Waals surface area (Å²) in [5.41, 5.74) is 5.96. The molecule has 3 N–H and O–H groups in total. The lowest BCUT2D eigenvalue weighted by Gasteiger charge is -2.28. The Labute approximate surface area is 97.3 Å². The summed E-state index contributed by atoms with van der Waals surface area (Å²) in [4.78, 5) is 23.4. The van der Waals surface area contributed by atoms with E-state index in [-0.39, 0.29) is 23.8 Å². The molecular formula is C10H12N4O3. The molecule has 0 radical (unpaired) electrons. The van der Waals surface area contributed by atoms with Crippen LogP contribution in [0, 0.1) is 10.1 Å². The van der Waals surface area contributed by atoms with Gasteiger partial charge in [-0.1, -0.05) is 6.07 Å². The molecule has 1 aromatic rings. The van der Waals surface area contributed by atoms with Crippen molar-refractivity contribution in [2.45, 2.75) is 0 Å². The summed E-state index contributed by atoms with van der Waals surface area (Å²) >= 11 is 0. The number of amides is 1. The Morgan fingerprint density at radius 2 is 2.24 bits per heavy atom. The van der Waals surface area contributed by atoms with Gasteiger partial charge in [0, 0.05) is 13.1 Å². The fourth-order valence-electron chi connectivity index (χ4n) is 1.85. The second-order valence-electron chi connectivity index (χ2n) is 3.74. The molecule has 1 aromatic carbocycles. The van der Waals surface area contributed by atoms with Crippen LogP contribution < -0.4 is 16.0 Å². The third kappa shape index (κ3) is 2.12. The van der Waals surface area contributed by atoms with Crippen molar-refractivity contribution in [1.29, 1.82) is 0 Å². The molecule has 2 rings (SSSR count). The largest absolute Gasteiger partial charge is 0.393 e. The first-order valence-corrected chi connectivity index (χ1v) is 5.14. The molecule has 7 nitrogen and oxygen atoms in total. The van der Waals surface area contributed by atoms with Gasteiger partial charge in [-0.25, -0.2) is 0 Å². The highest BCUT2D eigenvalue weighted by molar-refractivity contribution is 5.85. The van der Waals surface area contributed by atoms with Gasteiger partial charge in [0.1, 0.15) is 11.4 Å². The number of nitro groups is 1. The van der Waals surface area contributed by atoms with Crippen molar-refractivity contribution < 1.29 is 9.72 Å². The standard InChI is InChI=1S/C10H12N4O3/c11-7-2-1-3-8(10(7)14(16)17)13-5-4-12-9(15)6-13/h1-3H,4-6,11H2,(H,12,15). The molecule has 0 aromatic heterocycles. The quantitative estimate of drug-likeness (QED) is 0.431. The predicted molar refractivity (Wildman–Crippen MR) is 62.7 cm³/mol. The van der Waals surface area contributed by atoms with Crippen LogP contribution in [0.3, 0.4) is 0 Å². The van der Waals surface area contributed by atoms with E-state index in [1.165, 1.54) is 6.07 Å². The molecule has 1 aliphatic rings. The van der Waals surface area contributed by atoms with Crippen LogP contribution in [0.4, 0.5) is 17.1 Å². The molecule has 1 fully saturated rings. The topological polar surface area (TPSA) is 102 Å². The first kappa shape index (κ1) is 11.2. The van der Waals surface area contributed by atoms with E-state index in [4.69, 9.17) is 5.73 Å². The highest BCUT2D eigenvalue weighted by Crippen LogP contribution is 2.33. The van der Waals surface area contributed by atoms with E-state index in [2.05, 4.69) is 5.32 Å². The molecule has 0 atom stereocenters. The normalized spacial score (nSPS) is 15.5. The van der Waals surface area contributed by atoms with Crippen LogP contribution in [-0.4, -0.2) is 30.5 Å². The van der Waals surface area contributed by atoms with Gasteiger partial charge in [0.05, 0.1) is 11.5 Å². The summed E-state index contributed by atoms with van der Waals surface area (Å²) in [6, 6.07) is 4.73. The van der Waals surface area contributed by atoms with E-state index in [1.54, 1.807) is 17.0 Å². The van der Waals surface area contributed by atoms with Crippen LogP contribution in [0.25, 0.3) is 0 Å². The van der Waals surface area contributed by atoms with Crippen LogP contribution in [0.2, 0.25) is 0 Å². The molecule has 0 unspecified atom stereocenters. The van der Waals surface area contributed by atoms with Crippen molar-refractivity contribution in [3.63, 3.8) is 0 Å². The predicted octanol–water partition coefficient (Wildman–Crippen LogP) is 0.113. The van der Waals surface area contributed by atoms with E-state index >= 15 is 0 Å². The third-order valence-electron chi connectivity index (χ3n) is 2.61. The fraction of sp³-hybridized carbons (Fsp3) is 0.300. The maximum absolute atomic E-state index is 11.3. The SMILES string of the molecule is Nc1cccc(N2CCNC(=O)C2)c1[N+](=O)[O-]. The average Bonchev–Trinajstić information content (AvgIpc) is 2.28. The number of nitro benzene ring substituents is 1. The lowest BCUT2D eigenvalue weighted by atomic mass is 10.2. The van der Waals surface area contributed by atoms with Crippen molar-refractivity contribution in [2.75, 3.05) is 30.3 Å². The van der Waals surface area contributed by atoms with Gasteiger partial charge in [0.2, 0.25) is 5.91 Å². The van der Waals surface area contributed by atoms with Gasteiger partial charge in [-0.3, -0.25) is 14.9 Å². The zero-order chi connectivity index (χ0) is 12.4. The van der Waals surface area contributed by atoms with Crippen LogP contribution in [0.15, 0.2) is 18.2 Å². The zero-order valence-corrected chi connectivity index (χ0v) is 9.05. The van der Waals surface area contributed by atoms with Gasteiger partial charge in [0.25, 0.3) is 0 Å². The number of carbonyl (C=O) groups is 1. The number of anilines is 2. The van der Waals surface area contributed by atoms with E-state index in [1.807, 2.05) is 0 Å². The third-order valence-corrected chi connectivity index (χ3v) is 2.61. The number of carbonyl (C=O) groups excluding carboxylic acids is 1. The number of nitrogens with one attached hydrogen (secondary N) is 1. The molecule has 1 aliphatic heterocycles. The highest BCUT2D eigenvalue weighted by Gasteiger charge is 2.25. The van der Waals surface area contributed by atoms with Gasteiger partial charge in [0.15, 0.2) is 0 Å². The van der Waals surface area contributed by atoms with Crippen LogP contribution in [0.5, 0.6) is 0 Å². The highest BCUT2D eigenvalue weighted by atomic mass is 16.6. The monoisotopic (exact) mass is 236 g/mol. The molecule has 0 spiro atoms. The van der Waals surface area contributed by atoms with Crippen molar-refractivity contribution >= 4 is 23.0 Å². The number of piperazine rings is 1. The van der Waals surface area contributed by atoms with E-state index in [9.17, 15) is 14.9 Å². The Morgan fingerprint density at radius 1 is 1.47 bits per heavy atom. The smallest absolute Gasteiger partial charge is 0.315 e. The van der Waals surface area contributed by atoms with Gasteiger partial charge >= 0.3 is 5.69 Å². The summed E-state index contributed by atoms with van der Waals surface area (Å²) in [6.07, 6.45) is 0. The Hall–Kier alpha value is -2.31. The number of rotatable bonds is 2. The van der Waals surface area contributed by atoms with Gasteiger partial charge in [-0.05, 0) is 12.1 Å². The number of nitrogens with two attached hydrogens (primary N) is 1. The summed E-state index contributed by atoms with van der Waals surface area (Å²) in [6.45, 7) is 1.13. The maximum atomic E-state index is 11.3. The number of para-hydroxylation sites is 1. The molecular weight excluding hydrogens is 224 g/mol. The maximum Gasteiger partial charge on any atom is 0.315 e. The van der Waals surface area contributed by atoms with E-state index in [0.717, 1.165) is 0 Å². The van der Waals surface area contributed by atoms with Crippen molar-refractivity contribution in [3.8, 4) is 0 Å². The number of hydrogen-bond acceptors (Lipinski definition) is 5. The van der Waals surface area contributed by atoms with Crippen LogP contribution in [0.1, 0.15) is 0 Å². The molecule has 17 heavy (non-hydrogen) atoms. The number of benzene rings is 1. The van der Waals surface area contributed by atoms with Gasteiger partial charge in [-0.2, -0.15) is 0 Å². The Balaban J connectivity index is 2.40. The lowest BCUT2D eigenvalue weighted by molar-refractivity contribution is -0.383. The van der Waals surface area contributed by atoms with Gasteiger partial charge < -0.3 is 16.0 Å². The minimum absolute atomic E-state index is 0.110. The molecule has 7 heteroatoms. The molecule has 1 heterocycles. The molecule has 0 saturated carbocycles. The zero-order valence-electron chi connectivity index (χ0n) is 9.05. The molecule has 0 aliphatic carbocycles. The van der Waals surface area contributed by atoms with E-state index in [0.29, 0.717) is 18.8 Å². The second kappa shape index (κ2) is 4.28. The Morgan fingerprint density at radius 3 is 2.88 bits per heavy atom. The van der Waals surface area contributed by atoms with E-state index < -0.39 is 4.92 Å². The van der Waals surface area contributed by atoms with Gasteiger partial charge in [-0.15, -0.1) is 0 Å². The molecule has 90 valence electrons. The van der Waals surface area contributed by atoms with Crippen molar-refractivity contribution in [1.82, 2.24) is 5.32 Å². The minimum atomic E-state index is -0.517. The lowest BCUT2D eigenvalue weighted by Crippen LogP contribution is -2.47. The number of nitrogens with zero attached hydrogens (tertiary/aromatic N) is 2.